The smallest absolute Gasteiger partial charge is 0.130 e. The van der Waals surface area contributed by atoms with Crippen LogP contribution in [0.15, 0.2) is 18.2 Å². The lowest BCUT2D eigenvalue weighted by Gasteiger charge is -2.22. The Morgan fingerprint density at radius 2 is 1.87 bits per heavy atom. The minimum Gasteiger partial charge on any atom is -0.207 e. The molecule has 0 aliphatic rings. The lowest BCUT2D eigenvalue weighted by Crippen LogP contribution is -2.09. The summed E-state index contributed by atoms with van der Waals surface area (Å²) in [5.41, 5.74) is 0.626. The molecule has 1 aromatic rings. The van der Waals surface area contributed by atoms with Gasteiger partial charge in [0.05, 0.1) is 0 Å². The van der Waals surface area contributed by atoms with E-state index in [9.17, 15) is 8.78 Å². The molecule has 0 bridgehead atoms. The van der Waals surface area contributed by atoms with Gasteiger partial charge in [-0.2, -0.15) is 0 Å². The molecule has 0 heterocycles. The minimum atomic E-state index is -0.535. The fraction of sp³-hybridized carbons (Fsp3) is 0.500. The first-order chi connectivity index (χ1) is 6.79. The van der Waals surface area contributed by atoms with Gasteiger partial charge in [-0.05, 0) is 17.9 Å². The molecule has 15 heavy (non-hydrogen) atoms. The van der Waals surface area contributed by atoms with E-state index >= 15 is 0 Å². The zero-order valence-corrected chi connectivity index (χ0v) is 10.7. The maximum absolute atomic E-state index is 13.4. The molecular formula is C12H15BrF2. The Hall–Kier alpha value is -0.440. The second-order valence-electron chi connectivity index (χ2n) is 4.90. The summed E-state index contributed by atoms with van der Waals surface area (Å²) >= 11 is 3.43. The van der Waals surface area contributed by atoms with Crippen molar-refractivity contribution in [2.45, 2.75) is 32.0 Å². The molecule has 1 aromatic carbocycles. The normalized spacial score (nSPS) is 14.0. The molecule has 0 aliphatic heterocycles. The molecule has 84 valence electrons. The molecular weight excluding hydrogens is 262 g/mol. The van der Waals surface area contributed by atoms with Crippen molar-refractivity contribution in [1.29, 1.82) is 0 Å². The number of alkyl halides is 1. The van der Waals surface area contributed by atoms with E-state index < -0.39 is 11.6 Å². The number of benzene rings is 1. The van der Waals surface area contributed by atoms with Gasteiger partial charge in [-0.3, -0.25) is 0 Å². The van der Waals surface area contributed by atoms with Crippen LogP contribution in [0.5, 0.6) is 0 Å². The van der Waals surface area contributed by atoms with Crippen molar-refractivity contribution in [3.63, 3.8) is 0 Å². The highest BCUT2D eigenvalue weighted by Gasteiger charge is 2.20. The quantitative estimate of drug-likeness (QED) is 0.679. The topological polar surface area (TPSA) is 0 Å². The van der Waals surface area contributed by atoms with Gasteiger partial charge < -0.3 is 0 Å². The van der Waals surface area contributed by atoms with Crippen LogP contribution in [-0.4, -0.2) is 0 Å². The van der Waals surface area contributed by atoms with E-state index in [0.29, 0.717) is 5.56 Å². The Morgan fingerprint density at radius 1 is 1.27 bits per heavy atom. The summed E-state index contributed by atoms with van der Waals surface area (Å²) < 4.78 is 26.1. The molecule has 1 atom stereocenters. The van der Waals surface area contributed by atoms with Crippen molar-refractivity contribution >= 4 is 15.9 Å². The van der Waals surface area contributed by atoms with Crippen molar-refractivity contribution in [3.05, 3.63) is 35.4 Å². The molecule has 3 heteroatoms. The second kappa shape index (κ2) is 4.60. The van der Waals surface area contributed by atoms with Gasteiger partial charge in [-0.1, -0.05) is 42.8 Å². The molecule has 1 unspecified atom stereocenters. The molecule has 0 radical (unpaired) electrons. The van der Waals surface area contributed by atoms with Crippen molar-refractivity contribution in [2.24, 2.45) is 5.41 Å². The lowest BCUT2D eigenvalue weighted by molar-refractivity contribution is 0.373. The van der Waals surface area contributed by atoms with E-state index in [1.165, 1.54) is 12.1 Å². The van der Waals surface area contributed by atoms with Crippen LogP contribution in [-0.2, 0) is 0 Å². The fourth-order valence-electron chi connectivity index (χ4n) is 1.40. The van der Waals surface area contributed by atoms with E-state index in [0.717, 1.165) is 12.5 Å². The average Bonchev–Trinajstić information content (AvgIpc) is 1.99. The monoisotopic (exact) mass is 276 g/mol. The number of rotatable bonds is 2. The molecule has 0 amide bonds. The maximum atomic E-state index is 13.4. The van der Waals surface area contributed by atoms with E-state index in [4.69, 9.17) is 0 Å². The summed E-state index contributed by atoms with van der Waals surface area (Å²) in [4.78, 5) is -0.0712. The van der Waals surface area contributed by atoms with Crippen LogP contribution >= 0.6 is 15.9 Å². The van der Waals surface area contributed by atoms with Crippen LogP contribution in [0.2, 0.25) is 0 Å². The highest BCUT2D eigenvalue weighted by molar-refractivity contribution is 9.09. The Morgan fingerprint density at radius 3 is 2.33 bits per heavy atom. The van der Waals surface area contributed by atoms with Crippen LogP contribution in [0.1, 0.15) is 37.6 Å². The largest absolute Gasteiger partial charge is 0.207 e. The molecule has 0 nitrogen and oxygen atoms in total. The Labute approximate surface area is 97.8 Å². The van der Waals surface area contributed by atoms with Crippen molar-refractivity contribution in [3.8, 4) is 0 Å². The molecule has 0 saturated carbocycles. The molecule has 0 aromatic heterocycles. The Balaban J connectivity index is 2.87. The molecule has 0 N–H and O–H groups in total. The SMILES string of the molecule is CC(C)(C)CC(Br)c1ccc(F)cc1F. The summed E-state index contributed by atoms with van der Waals surface area (Å²) in [5, 5.41) is 0. The van der Waals surface area contributed by atoms with Crippen LogP contribution in [0, 0.1) is 17.0 Å². The third-order valence-electron chi connectivity index (χ3n) is 2.09. The van der Waals surface area contributed by atoms with Gasteiger partial charge in [0.2, 0.25) is 0 Å². The Kier molecular flexibility index (Phi) is 3.87. The maximum Gasteiger partial charge on any atom is 0.130 e. The highest BCUT2D eigenvalue weighted by atomic mass is 79.9. The van der Waals surface area contributed by atoms with E-state index in [1.807, 2.05) is 0 Å². The molecule has 1 rings (SSSR count). The van der Waals surface area contributed by atoms with Gasteiger partial charge in [-0.25, -0.2) is 8.78 Å². The van der Waals surface area contributed by atoms with Gasteiger partial charge in [0, 0.05) is 16.5 Å². The van der Waals surface area contributed by atoms with E-state index in [-0.39, 0.29) is 10.2 Å². The van der Waals surface area contributed by atoms with Gasteiger partial charge in [0.1, 0.15) is 11.6 Å². The predicted octanol–water partition coefficient (Wildman–Crippen LogP) is 4.84. The van der Waals surface area contributed by atoms with Crippen LogP contribution in [0.3, 0.4) is 0 Å². The third kappa shape index (κ3) is 3.90. The van der Waals surface area contributed by atoms with Crippen molar-refractivity contribution in [1.82, 2.24) is 0 Å². The van der Waals surface area contributed by atoms with Crippen LogP contribution in [0.4, 0.5) is 8.78 Å². The molecule has 0 saturated heterocycles. The van der Waals surface area contributed by atoms with Crippen LogP contribution < -0.4 is 0 Å². The lowest BCUT2D eigenvalue weighted by atomic mass is 9.88. The van der Waals surface area contributed by atoms with Gasteiger partial charge in [0.25, 0.3) is 0 Å². The van der Waals surface area contributed by atoms with Crippen molar-refractivity contribution in [2.75, 3.05) is 0 Å². The van der Waals surface area contributed by atoms with E-state index in [1.54, 1.807) is 0 Å². The number of hydrogen-bond donors (Lipinski definition) is 0. The summed E-state index contributed by atoms with van der Waals surface area (Å²) in [5.74, 6) is -1.02. The summed E-state index contributed by atoms with van der Waals surface area (Å²) in [6.07, 6.45) is 0.801. The molecule has 0 fully saturated rings. The highest BCUT2D eigenvalue weighted by Crippen LogP contribution is 2.36. The zero-order valence-electron chi connectivity index (χ0n) is 9.15. The van der Waals surface area contributed by atoms with Gasteiger partial charge in [0.15, 0.2) is 0 Å². The second-order valence-corrected chi connectivity index (χ2v) is 6.00. The van der Waals surface area contributed by atoms with Crippen LogP contribution in [0.25, 0.3) is 0 Å². The molecule has 0 spiro atoms. The average molecular weight is 277 g/mol. The summed E-state index contributed by atoms with van der Waals surface area (Å²) in [7, 11) is 0. The zero-order chi connectivity index (χ0) is 11.6. The minimum absolute atomic E-state index is 0.0712. The van der Waals surface area contributed by atoms with Gasteiger partial charge in [-0.15, -0.1) is 0 Å². The van der Waals surface area contributed by atoms with Gasteiger partial charge >= 0.3 is 0 Å². The summed E-state index contributed by atoms with van der Waals surface area (Å²) in [6, 6.07) is 3.71. The standard InChI is InChI=1S/C12H15BrF2/c1-12(2,3)7-10(13)9-5-4-8(14)6-11(9)15/h4-6,10H,7H2,1-3H3. The van der Waals surface area contributed by atoms with E-state index in [2.05, 4.69) is 36.7 Å². The first-order valence-electron chi connectivity index (χ1n) is 4.88. The number of halogens is 3. The molecule has 0 aliphatic carbocycles. The Bertz CT molecular complexity index is 342. The third-order valence-corrected chi connectivity index (χ3v) is 2.91. The summed E-state index contributed by atoms with van der Waals surface area (Å²) in [6.45, 7) is 6.26. The first-order valence-corrected chi connectivity index (χ1v) is 5.80. The fourth-order valence-corrected chi connectivity index (χ4v) is 2.75. The first kappa shape index (κ1) is 12.6. The predicted molar refractivity (Wildman–Crippen MR) is 62.1 cm³/mol. The van der Waals surface area contributed by atoms with Crippen molar-refractivity contribution < 1.29 is 8.78 Å². The number of hydrogen-bond acceptors (Lipinski definition) is 0.